The normalized spacial score (nSPS) is 11.6. The number of amides is 1. The first-order valence-corrected chi connectivity index (χ1v) is 8.17. The molecule has 2 heterocycles. The van der Waals surface area contributed by atoms with Gasteiger partial charge in [-0.25, -0.2) is 0 Å². The van der Waals surface area contributed by atoms with Crippen LogP contribution in [0.5, 0.6) is 0 Å². The Morgan fingerprint density at radius 2 is 2.00 bits per heavy atom. The van der Waals surface area contributed by atoms with Gasteiger partial charge in [-0.2, -0.15) is 23.3 Å². The summed E-state index contributed by atoms with van der Waals surface area (Å²) in [5.74, 6) is -1.70. The minimum absolute atomic E-state index is 0.136. The number of aromatic nitrogens is 4. The van der Waals surface area contributed by atoms with Crippen LogP contribution in [0.2, 0.25) is 0 Å². The lowest BCUT2D eigenvalue weighted by Crippen LogP contribution is -2.23. The molecule has 0 bridgehead atoms. The van der Waals surface area contributed by atoms with Crippen molar-refractivity contribution < 1.29 is 22.5 Å². The standard InChI is InChI=1S/C17H16F3N5O2/c1-2-7-21-15(26)13-8-22-25(10-13)9-11-3-5-12(6-4-11)14-23-16(27-24-14)17(18,19)20/h3-6,8,10H,2,7,9H2,1H3,(H,21,26). The van der Waals surface area contributed by atoms with Gasteiger partial charge in [-0.1, -0.05) is 36.3 Å². The minimum atomic E-state index is -4.67. The molecule has 0 saturated heterocycles. The molecule has 142 valence electrons. The fraction of sp³-hybridized carbons (Fsp3) is 0.294. The maximum Gasteiger partial charge on any atom is 0.471 e. The summed E-state index contributed by atoms with van der Waals surface area (Å²) < 4.78 is 43.4. The third-order valence-electron chi connectivity index (χ3n) is 3.66. The van der Waals surface area contributed by atoms with Crippen LogP contribution < -0.4 is 5.32 Å². The number of nitrogens with one attached hydrogen (secondary N) is 1. The van der Waals surface area contributed by atoms with Gasteiger partial charge in [0, 0.05) is 18.3 Å². The second-order valence-corrected chi connectivity index (χ2v) is 5.80. The number of rotatable bonds is 6. The first-order valence-electron chi connectivity index (χ1n) is 8.17. The lowest BCUT2D eigenvalue weighted by atomic mass is 10.1. The van der Waals surface area contributed by atoms with E-state index in [0.29, 0.717) is 24.2 Å². The van der Waals surface area contributed by atoms with Crippen molar-refractivity contribution in [1.29, 1.82) is 0 Å². The second-order valence-electron chi connectivity index (χ2n) is 5.80. The van der Waals surface area contributed by atoms with E-state index in [0.717, 1.165) is 12.0 Å². The van der Waals surface area contributed by atoms with Gasteiger partial charge >= 0.3 is 12.1 Å². The number of hydrogen-bond acceptors (Lipinski definition) is 5. The molecule has 3 aromatic rings. The van der Waals surface area contributed by atoms with Gasteiger partial charge in [-0.3, -0.25) is 9.48 Å². The van der Waals surface area contributed by atoms with Gasteiger partial charge < -0.3 is 9.84 Å². The van der Waals surface area contributed by atoms with Crippen molar-refractivity contribution >= 4 is 5.91 Å². The van der Waals surface area contributed by atoms with E-state index in [1.165, 1.54) is 6.20 Å². The summed E-state index contributed by atoms with van der Waals surface area (Å²) in [5.41, 5.74) is 1.71. The molecular formula is C17H16F3N5O2. The summed E-state index contributed by atoms with van der Waals surface area (Å²) >= 11 is 0. The van der Waals surface area contributed by atoms with Crippen LogP contribution in [0, 0.1) is 0 Å². The molecule has 0 saturated carbocycles. The summed E-state index contributed by atoms with van der Waals surface area (Å²) in [6.07, 6.45) is -0.714. The molecule has 1 N–H and O–H groups in total. The Hall–Kier alpha value is -3.17. The maximum absolute atomic E-state index is 12.5. The van der Waals surface area contributed by atoms with Gasteiger partial charge in [-0.15, -0.1) is 0 Å². The van der Waals surface area contributed by atoms with Crippen LogP contribution in [0.25, 0.3) is 11.4 Å². The molecule has 10 heteroatoms. The van der Waals surface area contributed by atoms with E-state index in [-0.39, 0.29) is 11.7 Å². The van der Waals surface area contributed by atoms with E-state index in [2.05, 4.69) is 25.1 Å². The summed E-state index contributed by atoms with van der Waals surface area (Å²) in [6.45, 7) is 2.96. The fourth-order valence-corrected chi connectivity index (χ4v) is 2.31. The first-order chi connectivity index (χ1) is 12.9. The van der Waals surface area contributed by atoms with Crippen LogP contribution in [0.15, 0.2) is 41.2 Å². The minimum Gasteiger partial charge on any atom is -0.352 e. The van der Waals surface area contributed by atoms with Crippen LogP contribution in [-0.4, -0.2) is 32.4 Å². The lowest BCUT2D eigenvalue weighted by Gasteiger charge is -2.03. The number of alkyl halides is 3. The van der Waals surface area contributed by atoms with Gasteiger partial charge in [0.15, 0.2) is 0 Å². The first kappa shape index (κ1) is 18.6. The molecule has 1 aromatic carbocycles. The SMILES string of the molecule is CCCNC(=O)c1cnn(Cc2ccc(-c3noc(C(F)(F)F)n3)cc2)c1. The third kappa shape index (κ3) is 4.52. The molecule has 2 aromatic heterocycles. The smallest absolute Gasteiger partial charge is 0.352 e. The van der Waals surface area contributed by atoms with Crippen LogP contribution >= 0.6 is 0 Å². The van der Waals surface area contributed by atoms with Crippen molar-refractivity contribution in [2.24, 2.45) is 0 Å². The number of carbonyl (C=O) groups excluding carboxylic acids is 1. The van der Waals surface area contributed by atoms with Crippen molar-refractivity contribution in [3.63, 3.8) is 0 Å². The average Bonchev–Trinajstić information content (AvgIpc) is 3.30. The molecule has 1 amide bonds. The summed E-state index contributed by atoms with van der Waals surface area (Å²) in [4.78, 5) is 15.2. The number of benzene rings is 1. The fourth-order valence-electron chi connectivity index (χ4n) is 2.31. The Labute approximate surface area is 152 Å². The molecule has 0 aliphatic rings. The van der Waals surface area contributed by atoms with Crippen molar-refractivity contribution in [2.45, 2.75) is 26.1 Å². The Morgan fingerprint density at radius 1 is 1.26 bits per heavy atom. The van der Waals surface area contributed by atoms with E-state index in [4.69, 9.17) is 0 Å². The Bertz CT molecular complexity index is 915. The number of hydrogen-bond donors (Lipinski definition) is 1. The highest BCUT2D eigenvalue weighted by Gasteiger charge is 2.38. The molecular weight excluding hydrogens is 363 g/mol. The highest BCUT2D eigenvalue weighted by molar-refractivity contribution is 5.93. The highest BCUT2D eigenvalue weighted by Crippen LogP contribution is 2.29. The Balaban J connectivity index is 1.67. The number of carbonyl (C=O) groups is 1. The van der Waals surface area contributed by atoms with Crippen LogP contribution in [-0.2, 0) is 12.7 Å². The summed E-state index contributed by atoms with van der Waals surface area (Å²) in [5, 5.41) is 10.3. The summed E-state index contributed by atoms with van der Waals surface area (Å²) in [7, 11) is 0. The Kier molecular flexibility index (Phi) is 5.24. The van der Waals surface area contributed by atoms with E-state index in [9.17, 15) is 18.0 Å². The molecule has 0 radical (unpaired) electrons. The zero-order valence-corrected chi connectivity index (χ0v) is 14.3. The quantitative estimate of drug-likeness (QED) is 0.711. The van der Waals surface area contributed by atoms with E-state index >= 15 is 0 Å². The number of halogens is 3. The van der Waals surface area contributed by atoms with Crippen molar-refractivity contribution in [3.8, 4) is 11.4 Å². The molecule has 0 spiro atoms. The molecule has 0 unspecified atom stereocenters. The van der Waals surface area contributed by atoms with Gasteiger partial charge in [0.25, 0.3) is 5.91 Å². The van der Waals surface area contributed by atoms with Gasteiger partial charge in [0.05, 0.1) is 18.3 Å². The monoisotopic (exact) mass is 379 g/mol. The van der Waals surface area contributed by atoms with E-state index < -0.39 is 12.1 Å². The van der Waals surface area contributed by atoms with Gasteiger partial charge in [-0.05, 0) is 12.0 Å². The topological polar surface area (TPSA) is 85.8 Å². The van der Waals surface area contributed by atoms with Crippen molar-refractivity contribution in [3.05, 3.63) is 53.7 Å². The zero-order chi connectivity index (χ0) is 19.4. The van der Waals surface area contributed by atoms with Gasteiger partial charge in [0.2, 0.25) is 5.82 Å². The molecule has 7 nitrogen and oxygen atoms in total. The highest BCUT2D eigenvalue weighted by atomic mass is 19.4. The molecule has 3 rings (SSSR count). The second kappa shape index (κ2) is 7.60. The van der Waals surface area contributed by atoms with Crippen molar-refractivity contribution in [1.82, 2.24) is 25.2 Å². The predicted octanol–water partition coefficient (Wildman–Crippen LogP) is 3.14. The molecule has 0 aliphatic heterocycles. The predicted molar refractivity (Wildman–Crippen MR) is 88.7 cm³/mol. The molecule has 27 heavy (non-hydrogen) atoms. The van der Waals surface area contributed by atoms with Crippen molar-refractivity contribution in [2.75, 3.05) is 6.54 Å². The zero-order valence-electron chi connectivity index (χ0n) is 14.3. The third-order valence-corrected chi connectivity index (χ3v) is 3.66. The molecule has 0 fully saturated rings. The van der Waals surface area contributed by atoms with E-state index in [1.54, 1.807) is 35.1 Å². The Morgan fingerprint density at radius 3 is 2.63 bits per heavy atom. The van der Waals surface area contributed by atoms with E-state index in [1.807, 2.05) is 6.92 Å². The van der Waals surface area contributed by atoms with Crippen LogP contribution in [0.4, 0.5) is 13.2 Å². The van der Waals surface area contributed by atoms with Crippen LogP contribution in [0.3, 0.4) is 0 Å². The molecule has 0 aliphatic carbocycles. The maximum atomic E-state index is 12.5. The lowest BCUT2D eigenvalue weighted by molar-refractivity contribution is -0.159. The summed E-state index contributed by atoms with van der Waals surface area (Å²) in [6, 6.07) is 6.63. The molecule has 0 atom stereocenters. The average molecular weight is 379 g/mol. The van der Waals surface area contributed by atoms with Crippen LogP contribution in [0.1, 0.15) is 35.2 Å². The number of nitrogens with zero attached hydrogens (tertiary/aromatic N) is 4. The largest absolute Gasteiger partial charge is 0.471 e. The van der Waals surface area contributed by atoms with Gasteiger partial charge in [0.1, 0.15) is 0 Å².